The maximum absolute atomic E-state index is 12.8. The molecule has 1 saturated carbocycles. The fourth-order valence-corrected chi connectivity index (χ4v) is 2.84. The second-order valence-corrected chi connectivity index (χ2v) is 5.81. The van der Waals surface area contributed by atoms with Crippen LogP contribution in [0.3, 0.4) is 0 Å². The van der Waals surface area contributed by atoms with Crippen LogP contribution in [0.15, 0.2) is 18.2 Å². The van der Waals surface area contributed by atoms with Gasteiger partial charge in [0, 0.05) is 17.8 Å². The second-order valence-electron chi connectivity index (χ2n) is 5.60. The van der Waals surface area contributed by atoms with Crippen molar-refractivity contribution in [1.29, 1.82) is 0 Å². The predicted octanol–water partition coefficient (Wildman–Crippen LogP) is 5.19. The summed E-state index contributed by atoms with van der Waals surface area (Å²) in [6, 6.07) is 1.48. The third-order valence-electron chi connectivity index (χ3n) is 3.84. The monoisotopic (exact) mass is 360 g/mol. The number of benzene rings is 1. The number of hydrogen-bond donors (Lipinski definition) is 2. The van der Waals surface area contributed by atoms with Gasteiger partial charge >= 0.3 is 12.4 Å². The maximum Gasteiger partial charge on any atom is 0.416 e. The average molecular weight is 361 g/mol. The minimum atomic E-state index is -4.84. The lowest BCUT2D eigenvalue weighted by molar-refractivity contribution is -0.143. The highest BCUT2D eigenvalue weighted by Crippen LogP contribution is 2.38. The molecule has 0 aliphatic heterocycles. The molecule has 0 heterocycles. The first-order valence-electron chi connectivity index (χ1n) is 7.02. The Kier molecular flexibility index (Phi) is 5.35. The predicted molar refractivity (Wildman–Crippen MR) is 75.1 cm³/mol. The molecule has 1 aliphatic rings. The highest BCUT2D eigenvalue weighted by molar-refractivity contribution is 6.13. The summed E-state index contributed by atoms with van der Waals surface area (Å²) in [5.41, 5.74) is -2.80. The molecular formula is C14H15ClF6N2. The van der Waals surface area contributed by atoms with Crippen LogP contribution < -0.4 is 10.2 Å². The SMILES string of the molecule is FC(F)(F)c1cc(N[C@H]2CC[C@@H](NCl)CC2)cc(C(F)(F)F)c1. The van der Waals surface area contributed by atoms with E-state index in [9.17, 15) is 26.3 Å². The quantitative estimate of drug-likeness (QED) is 0.572. The molecule has 2 rings (SSSR count). The van der Waals surface area contributed by atoms with E-state index in [-0.39, 0.29) is 23.8 Å². The van der Waals surface area contributed by atoms with Gasteiger partial charge in [-0.25, -0.2) is 4.84 Å². The summed E-state index contributed by atoms with van der Waals surface area (Å²) in [7, 11) is 0. The van der Waals surface area contributed by atoms with Gasteiger partial charge in [-0.3, -0.25) is 0 Å². The van der Waals surface area contributed by atoms with Gasteiger partial charge < -0.3 is 5.32 Å². The summed E-state index contributed by atoms with van der Waals surface area (Å²) in [5.74, 6) is 0. The van der Waals surface area contributed by atoms with Gasteiger partial charge in [-0.05, 0) is 55.7 Å². The first-order chi connectivity index (χ1) is 10.6. The smallest absolute Gasteiger partial charge is 0.382 e. The molecule has 1 aromatic carbocycles. The van der Waals surface area contributed by atoms with Crippen molar-refractivity contribution in [3.63, 3.8) is 0 Å². The number of nitrogens with one attached hydrogen (secondary N) is 2. The standard InChI is InChI=1S/C14H15ClF6N2/c15-23-11-3-1-10(2-4-11)22-12-6-8(13(16,17)18)5-9(7-12)14(19,20)21/h5-7,10-11,22-23H,1-4H2/t10-,11+. The molecule has 0 aromatic heterocycles. The average Bonchev–Trinajstić information content (AvgIpc) is 2.46. The Morgan fingerprint density at radius 1 is 0.783 bits per heavy atom. The van der Waals surface area contributed by atoms with E-state index < -0.39 is 23.5 Å². The molecule has 0 radical (unpaired) electrons. The van der Waals surface area contributed by atoms with Crippen molar-refractivity contribution in [2.24, 2.45) is 0 Å². The third kappa shape index (κ3) is 4.91. The maximum atomic E-state index is 12.8. The summed E-state index contributed by atoms with van der Waals surface area (Å²) in [4.78, 5) is 2.59. The topological polar surface area (TPSA) is 24.1 Å². The number of rotatable bonds is 3. The molecular weight excluding hydrogens is 346 g/mol. The highest BCUT2D eigenvalue weighted by atomic mass is 35.5. The van der Waals surface area contributed by atoms with Gasteiger partial charge in [-0.15, -0.1) is 0 Å². The van der Waals surface area contributed by atoms with Crippen molar-refractivity contribution in [2.45, 2.75) is 50.1 Å². The van der Waals surface area contributed by atoms with Crippen LogP contribution in [0.4, 0.5) is 32.0 Å². The zero-order valence-corrected chi connectivity index (χ0v) is 12.6. The molecule has 9 heteroatoms. The molecule has 0 spiro atoms. The largest absolute Gasteiger partial charge is 0.416 e. The van der Waals surface area contributed by atoms with Crippen molar-refractivity contribution in [3.8, 4) is 0 Å². The van der Waals surface area contributed by atoms with Crippen molar-refractivity contribution >= 4 is 17.5 Å². The van der Waals surface area contributed by atoms with Crippen LogP contribution in [0.1, 0.15) is 36.8 Å². The van der Waals surface area contributed by atoms with Crippen molar-refractivity contribution in [2.75, 3.05) is 5.32 Å². The zero-order chi connectivity index (χ0) is 17.3. The molecule has 0 saturated heterocycles. The van der Waals surface area contributed by atoms with Gasteiger partial charge in [0.05, 0.1) is 11.1 Å². The molecule has 130 valence electrons. The second kappa shape index (κ2) is 6.76. The van der Waals surface area contributed by atoms with Crippen LogP contribution in [0, 0.1) is 0 Å². The Bertz CT molecular complexity index is 503. The summed E-state index contributed by atoms with van der Waals surface area (Å²) in [6.07, 6.45) is -7.04. The molecule has 1 fully saturated rings. The lowest BCUT2D eigenvalue weighted by Gasteiger charge is -2.29. The molecule has 23 heavy (non-hydrogen) atoms. The van der Waals surface area contributed by atoms with Crippen molar-refractivity contribution in [3.05, 3.63) is 29.3 Å². The summed E-state index contributed by atoms with van der Waals surface area (Å²) in [5, 5.41) is 2.78. The highest BCUT2D eigenvalue weighted by Gasteiger charge is 2.37. The molecule has 1 aliphatic carbocycles. The number of alkyl halides is 6. The van der Waals surface area contributed by atoms with E-state index in [1.807, 2.05) is 0 Å². The summed E-state index contributed by atoms with van der Waals surface area (Å²) < 4.78 is 76.8. The normalized spacial score (nSPS) is 22.9. The van der Waals surface area contributed by atoms with Gasteiger partial charge in [0.2, 0.25) is 0 Å². The lowest BCUT2D eigenvalue weighted by atomic mass is 9.91. The van der Waals surface area contributed by atoms with Crippen molar-refractivity contribution in [1.82, 2.24) is 4.84 Å². The fraction of sp³-hybridized carbons (Fsp3) is 0.571. The molecule has 2 N–H and O–H groups in total. The molecule has 2 nitrogen and oxygen atoms in total. The van der Waals surface area contributed by atoms with E-state index in [2.05, 4.69) is 10.2 Å². The lowest BCUT2D eigenvalue weighted by Crippen LogP contribution is -2.33. The molecule has 0 amide bonds. The van der Waals surface area contributed by atoms with Gasteiger partial charge in [-0.2, -0.15) is 26.3 Å². The van der Waals surface area contributed by atoms with Gasteiger partial charge in [0.25, 0.3) is 0 Å². The van der Waals surface area contributed by atoms with E-state index >= 15 is 0 Å². The molecule has 0 bridgehead atoms. The van der Waals surface area contributed by atoms with Crippen LogP contribution in [0.5, 0.6) is 0 Å². The summed E-state index contributed by atoms with van der Waals surface area (Å²) >= 11 is 5.51. The van der Waals surface area contributed by atoms with E-state index in [1.165, 1.54) is 0 Å². The van der Waals surface area contributed by atoms with Crippen LogP contribution in [0.25, 0.3) is 0 Å². The minimum absolute atomic E-state index is 0.113. The van der Waals surface area contributed by atoms with Crippen molar-refractivity contribution < 1.29 is 26.3 Å². The first kappa shape index (κ1) is 18.2. The van der Waals surface area contributed by atoms with Crippen LogP contribution in [0.2, 0.25) is 0 Å². The van der Waals surface area contributed by atoms with Crippen LogP contribution in [-0.2, 0) is 12.4 Å². The molecule has 0 atom stereocenters. The Hall–Kier alpha value is -1.15. The molecule has 1 aromatic rings. The molecule has 0 unspecified atom stereocenters. The van der Waals surface area contributed by atoms with E-state index in [4.69, 9.17) is 11.8 Å². The van der Waals surface area contributed by atoms with Crippen LogP contribution >= 0.6 is 11.8 Å². The fourth-order valence-electron chi connectivity index (χ4n) is 2.62. The van der Waals surface area contributed by atoms with Gasteiger partial charge in [-0.1, -0.05) is 0 Å². The van der Waals surface area contributed by atoms with Gasteiger partial charge in [0.15, 0.2) is 0 Å². The Labute approximate surface area is 134 Å². The van der Waals surface area contributed by atoms with E-state index in [1.54, 1.807) is 0 Å². The Morgan fingerprint density at radius 2 is 1.22 bits per heavy atom. The Balaban J connectivity index is 2.21. The zero-order valence-electron chi connectivity index (χ0n) is 11.9. The first-order valence-corrected chi connectivity index (χ1v) is 7.39. The number of halogens is 7. The third-order valence-corrected chi connectivity index (χ3v) is 4.15. The summed E-state index contributed by atoms with van der Waals surface area (Å²) in [6.45, 7) is 0. The van der Waals surface area contributed by atoms with Gasteiger partial charge in [0.1, 0.15) is 0 Å². The number of anilines is 1. The Morgan fingerprint density at radius 3 is 1.61 bits per heavy atom. The van der Waals surface area contributed by atoms with Crippen LogP contribution in [-0.4, -0.2) is 12.1 Å². The number of hydrogen-bond acceptors (Lipinski definition) is 2. The minimum Gasteiger partial charge on any atom is -0.382 e. The van der Waals surface area contributed by atoms with E-state index in [0.29, 0.717) is 37.8 Å². The van der Waals surface area contributed by atoms with E-state index in [0.717, 1.165) is 0 Å².